The molecule has 0 heterocycles. The molecule has 1 aliphatic rings. The normalized spacial score (nSPS) is 28.9. The van der Waals surface area contributed by atoms with Gasteiger partial charge >= 0.3 is 0 Å². The number of rotatable bonds is 2. The van der Waals surface area contributed by atoms with Crippen LogP contribution in [-0.4, -0.2) is 15.5 Å². The third kappa shape index (κ3) is 1.88. The lowest BCUT2D eigenvalue weighted by Gasteiger charge is -2.14. The molecular weight excluding hydrogens is 194 g/mol. The first-order chi connectivity index (χ1) is 6.79. The van der Waals surface area contributed by atoms with E-state index in [0.717, 1.165) is 24.2 Å². The van der Waals surface area contributed by atoms with Crippen molar-refractivity contribution in [3.05, 3.63) is 30.3 Å². The number of benzene rings is 1. The fourth-order valence-corrected chi connectivity index (χ4v) is 3.56. The van der Waals surface area contributed by atoms with Gasteiger partial charge in [0.2, 0.25) is 0 Å². The average molecular weight is 209 g/mol. The highest BCUT2D eigenvalue weighted by atomic mass is 32.2. The molecule has 2 rings (SSSR count). The monoisotopic (exact) mass is 209 g/mol. The molecule has 3 atom stereocenters. The predicted molar refractivity (Wildman–Crippen MR) is 58.5 cm³/mol. The summed E-state index contributed by atoms with van der Waals surface area (Å²) in [6, 6.07) is 9.75. The summed E-state index contributed by atoms with van der Waals surface area (Å²) in [4.78, 5) is 0.912. The van der Waals surface area contributed by atoms with Crippen molar-refractivity contribution in [2.24, 2.45) is 5.73 Å². The summed E-state index contributed by atoms with van der Waals surface area (Å²) in [5.41, 5.74) is 5.92. The van der Waals surface area contributed by atoms with Gasteiger partial charge in [-0.05, 0) is 25.0 Å². The summed E-state index contributed by atoms with van der Waals surface area (Å²) in [6.45, 7) is 0. The van der Waals surface area contributed by atoms with Gasteiger partial charge in [0.25, 0.3) is 0 Å². The molecule has 1 aromatic carbocycles. The zero-order chi connectivity index (χ0) is 9.97. The minimum Gasteiger partial charge on any atom is -0.327 e. The molecule has 1 saturated carbocycles. The van der Waals surface area contributed by atoms with E-state index in [1.54, 1.807) is 0 Å². The maximum atomic E-state index is 12.1. The van der Waals surface area contributed by atoms with Gasteiger partial charge in [0, 0.05) is 10.9 Å². The van der Waals surface area contributed by atoms with E-state index in [2.05, 4.69) is 0 Å². The van der Waals surface area contributed by atoms with Crippen molar-refractivity contribution in [2.45, 2.75) is 35.4 Å². The van der Waals surface area contributed by atoms with Crippen LogP contribution in [0.25, 0.3) is 0 Å². The van der Waals surface area contributed by atoms with E-state index in [-0.39, 0.29) is 11.3 Å². The lowest BCUT2D eigenvalue weighted by atomic mass is 10.3. The number of hydrogen-bond donors (Lipinski definition) is 1. The Balaban J connectivity index is 2.16. The van der Waals surface area contributed by atoms with Crippen LogP contribution in [0.2, 0.25) is 0 Å². The van der Waals surface area contributed by atoms with Gasteiger partial charge in [-0.25, -0.2) is 0 Å². The third-order valence-corrected chi connectivity index (χ3v) is 4.63. The first kappa shape index (κ1) is 9.87. The van der Waals surface area contributed by atoms with Crippen LogP contribution in [0.3, 0.4) is 0 Å². The Morgan fingerprint density at radius 3 is 2.50 bits per heavy atom. The van der Waals surface area contributed by atoms with Crippen LogP contribution in [0.4, 0.5) is 0 Å². The molecule has 14 heavy (non-hydrogen) atoms. The van der Waals surface area contributed by atoms with Crippen LogP contribution in [0.5, 0.6) is 0 Å². The summed E-state index contributed by atoms with van der Waals surface area (Å²) in [6.07, 6.45) is 3.14. The van der Waals surface area contributed by atoms with Crippen molar-refractivity contribution in [3.63, 3.8) is 0 Å². The van der Waals surface area contributed by atoms with Gasteiger partial charge in [0.1, 0.15) is 0 Å². The molecule has 0 saturated heterocycles. The Bertz CT molecular complexity index is 325. The lowest BCUT2D eigenvalue weighted by molar-refractivity contribution is 0.649. The number of hydrogen-bond acceptors (Lipinski definition) is 2. The SMILES string of the molecule is NC1CCCC1S(=O)c1ccccc1. The highest BCUT2D eigenvalue weighted by molar-refractivity contribution is 7.85. The van der Waals surface area contributed by atoms with E-state index >= 15 is 0 Å². The van der Waals surface area contributed by atoms with Crippen molar-refractivity contribution in [1.82, 2.24) is 0 Å². The molecule has 3 unspecified atom stereocenters. The van der Waals surface area contributed by atoms with Gasteiger partial charge in [-0.15, -0.1) is 0 Å². The van der Waals surface area contributed by atoms with Crippen LogP contribution < -0.4 is 5.73 Å². The maximum Gasteiger partial charge on any atom is 0.0576 e. The molecule has 0 bridgehead atoms. The van der Waals surface area contributed by atoms with Crippen molar-refractivity contribution >= 4 is 10.8 Å². The predicted octanol–water partition coefficient (Wildman–Crippen LogP) is 1.67. The van der Waals surface area contributed by atoms with Crippen molar-refractivity contribution in [3.8, 4) is 0 Å². The molecule has 2 nitrogen and oxygen atoms in total. The smallest absolute Gasteiger partial charge is 0.0576 e. The van der Waals surface area contributed by atoms with E-state index in [9.17, 15) is 4.21 Å². The van der Waals surface area contributed by atoms with Crippen LogP contribution in [0.1, 0.15) is 19.3 Å². The Morgan fingerprint density at radius 1 is 1.21 bits per heavy atom. The van der Waals surface area contributed by atoms with Crippen molar-refractivity contribution in [2.75, 3.05) is 0 Å². The second-order valence-electron chi connectivity index (χ2n) is 3.74. The van der Waals surface area contributed by atoms with Gasteiger partial charge in [-0.2, -0.15) is 0 Å². The van der Waals surface area contributed by atoms with E-state index < -0.39 is 10.8 Å². The Kier molecular flexibility index (Phi) is 2.99. The van der Waals surface area contributed by atoms with E-state index in [1.165, 1.54) is 0 Å². The molecule has 0 radical (unpaired) electrons. The quantitative estimate of drug-likeness (QED) is 0.805. The van der Waals surface area contributed by atoms with Gasteiger partial charge < -0.3 is 5.73 Å². The van der Waals surface area contributed by atoms with Crippen LogP contribution in [0, 0.1) is 0 Å². The summed E-state index contributed by atoms with van der Waals surface area (Å²) in [5, 5.41) is 0.164. The van der Waals surface area contributed by atoms with Crippen molar-refractivity contribution < 1.29 is 4.21 Å². The summed E-state index contributed by atoms with van der Waals surface area (Å²) in [7, 11) is -0.914. The van der Waals surface area contributed by atoms with Gasteiger partial charge in [-0.3, -0.25) is 4.21 Å². The second-order valence-corrected chi connectivity index (χ2v) is 5.42. The zero-order valence-corrected chi connectivity index (χ0v) is 8.87. The fourth-order valence-electron chi connectivity index (χ4n) is 1.95. The molecule has 0 spiro atoms. The number of nitrogens with two attached hydrogens (primary N) is 1. The summed E-state index contributed by atoms with van der Waals surface area (Å²) < 4.78 is 12.1. The van der Waals surface area contributed by atoms with Crippen molar-refractivity contribution in [1.29, 1.82) is 0 Å². The van der Waals surface area contributed by atoms with Gasteiger partial charge in [0.15, 0.2) is 0 Å². The van der Waals surface area contributed by atoms with E-state index in [1.807, 2.05) is 30.3 Å². The highest BCUT2D eigenvalue weighted by Crippen LogP contribution is 2.25. The second kappa shape index (κ2) is 4.24. The first-order valence-electron chi connectivity index (χ1n) is 5.00. The standard InChI is InChI=1S/C11H15NOS/c12-10-7-4-8-11(10)14(13)9-5-2-1-3-6-9/h1-3,5-6,10-11H,4,7-8,12H2. The molecule has 1 fully saturated rings. The minimum absolute atomic E-state index is 0.121. The largest absolute Gasteiger partial charge is 0.327 e. The van der Waals surface area contributed by atoms with Gasteiger partial charge in [-0.1, -0.05) is 24.6 Å². The molecule has 76 valence electrons. The summed E-state index contributed by atoms with van der Waals surface area (Å²) in [5.74, 6) is 0. The van der Waals surface area contributed by atoms with Crippen LogP contribution in [0.15, 0.2) is 35.2 Å². The molecule has 0 aliphatic heterocycles. The Morgan fingerprint density at radius 2 is 1.93 bits per heavy atom. The third-order valence-electron chi connectivity index (χ3n) is 2.75. The summed E-state index contributed by atoms with van der Waals surface area (Å²) >= 11 is 0. The molecule has 0 amide bonds. The zero-order valence-electron chi connectivity index (χ0n) is 8.06. The van der Waals surface area contributed by atoms with Crippen LogP contribution in [-0.2, 0) is 10.8 Å². The Labute approximate surface area is 87.0 Å². The Hall–Kier alpha value is -0.670. The average Bonchev–Trinajstić information content (AvgIpc) is 2.65. The van der Waals surface area contributed by atoms with Gasteiger partial charge in [0.05, 0.1) is 16.0 Å². The molecule has 2 N–H and O–H groups in total. The molecule has 1 aliphatic carbocycles. The minimum atomic E-state index is -0.914. The molecule has 3 heteroatoms. The van der Waals surface area contributed by atoms with E-state index in [0.29, 0.717) is 0 Å². The molecular formula is C11H15NOS. The fraction of sp³-hybridized carbons (Fsp3) is 0.455. The maximum absolute atomic E-state index is 12.1. The topological polar surface area (TPSA) is 43.1 Å². The molecule has 0 aromatic heterocycles. The van der Waals surface area contributed by atoms with E-state index in [4.69, 9.17) is 5.73 Å². The van der Waals surface area contributed by atoms with Crippen LogP contribution >= 0.6 is 0 Å². The highest BCUT2D eigenvalue weighted by Gasteiger charge is 2.29. The molecule has 1 aromatic rings. The lowest BCUT2D eigenvalue weighted by Crippen LogP contribution is -2.32. The first-order valence-corrected chi connectivity index (χ1v) is 6.21.